The van der Waals surface area contributed by atoms with Crippen molar-refractivity contribution < 1.29 is 18.0 Å². The first-order chi connectivity index (χ1) is 9.59. The van der Waals surface area contributed by atoms with E-state index in [4.69, 9.17) is 0 Å². The predicted molar refractivity (Wildman–Crippen MR) is 70.0 cm³/mol. The summed E-state index contributed by atoms with van der Waals surface area (Å²) in [6.07, 6.45) is 1.30. The summed E-state index contributed by atoms with van der Waals surface area (Å²) in [4.78, 5) is 11.8. The van der Waals surface area contributed by atoms with E-state index in [1.54, 1.807) is 0 Å². The van der Waals surface area contributed by atoms with E-state index in [1.165, 1.54) is 0 Å². The van der Waals surface area contributed by atoms with Gasteiger partial charge in [0.1, 0.15) is 0 Å². The number of carbonyl (C=O) groups is 1. The van der Waals surface area contributed by atoms with E-state index in [1.807, 2.05) is 30.3 Å². The van der Waals surface area contributed by atoms with Gasteiger partial charge in [0.15, 0.2) is 23.2 Å². The Kier molecular flexibility index (Phi) is 4.56. The number of carbonyl (C=O) groups excluding carboxylic acids is 1. The van der Waals surface area contributed by atoms with Gasteiger partial charge in [-0.05, 0) is 30.5 Å². The molecule has 2 aromatic carbocycles. The number of rotatable bonds is 5. The molecule has 0 amide bonds. The monoisotopic (exact) mass is 278 g/mol. The molecule has 0 fully saturated rings. The summed E-state index contributed by atoms with van der Waals surface area (Å²) in [5.41, 5.74) is 0.683. The fourth-order valence-corrected chi connectivity index (χ4v) is 1.97. The van der Waals surface area contributed by atoms with Gasteiger partial charge in [0.2, 0.25) is 0 Å². The van der Waals surface area contributed by atoms with Crippen molar-refractivity contribution in [2.45, 2.75) is 19.3 Å². The highest BCUT2D eigenvalue weighted by molar-refractivity contribution is 5.96. The number of aryl methyl sites for hydroxylation is 1. The van der Waals surface area contributed by atoms with Crippen molar-refractivity contribution in [2.75, 3.05) is 0 Å². The summed E-state index contributed by atoms with van der Waals surface area (Å²) in [5, 5.41) is 0. The number of ketones is 1. The van der Waals surface area contributed by atoms with E-state index in [2.05, 4.69) is 0 Å². The molecule has 2 rings (SSSR count). The first-order valence-corrected chi connectivity index (χ1v) is 6.30. The third-order valence-electron chi connectivity index (χ3n) is 3.05. The molecule has 2 aromatic rings. The Balaban J connectivity index is 1.97. The topological polar surface area (TPSA) is 17.1 Å². The number of hydrogen-bond donors (Lipinski definition) is 0. The first-order valence-electron chi connectivity index (χ1n) is 6.30. The maximum absolute atomic E-state index is 13.4. The quantitative estimate of drug-likeness (QED) is 0.588. The highest BCUT2D eigenvalue weighted by Crippen LogP contribution is 2.17. The first kappa shape index (κ1) is 14.3. The second-order valence-electron chi connectivity index (χ2n) is 4.49. The zero-order chi connectivity index (χ0) is 14.5. The van der Waals surface area contributed by atoms with Gasteiger partial charge in [-0.1, -0.05) is 30.3 Å². The molecular weight excluding hydrogens is 265 g/mol. The summed E-state index contributed by atoms with van der Waals surface area (Å²) in [6.45, 7) is 0. The molecule has 0 N–H and O–H groups in total. The van der Waals surface area contributed by atoms with Crippen LogP contribution in [0.25, 0.3) is 0 Å². The molecule has 0 aliphatic rings. The van der Waals surface area contributed by atoms with E-state index < -0.39 is 28.8 Å². The Hall–Kier alpha value is -2.10. The van der Waals surface area contributed by atoms with Crippen molar-refractivity contribution in [3.8, 4) is 0 Å². The van der Waals surface area contributed by atoms with E-state index in [0.29, 0.717) is 12.8 Å². The van der Waals surface area contributed by atoms with E-state index in [-0.39, 0.29) is 6.42 Å². The molecule has 0 unspecified atom stereocenters. The maximum atomic E-state index is 13.4. The molecule has 0 aliphatic carbocycles. The number of benzene rings is 2. The van der Waals surface area contributed by atoms with Crippen LogP contribution < -0.4 is 0 Å². The van der Waals surface area contributed by atoms with Crippen molar-refractivity contribution in [3.63, 3.8) is 0 Å². The number of halogens is 3. The summed E-state index contributed by atoms with van der Waals surface area (Å²) < 4.78 is 39.2. The molecule has 0 spiro atoms. The van der Waals surface area contributed by atoms with Crippen LogP contribution in [0.2, 0.25) is 0 Å². The molecule has 0 bridgehead atoms. The molecule has 0 radical (unpaired) electrons. The van der Waals surface area contributed by atoms with Gasteiger partial charge in [0.25, 0.3) is 0 Å². The van der Waals surface area contributed by atoms with Crippen molar-refractivity contribution >= 4 is 5.78 Å². The summed E-state index contributed by atoms with van der Waals surface area (Å²) in [6, 6.07) is 11.3. The van der Waals surface area contributed by atoms with Gasteiger partial charge in [-0.25, -0.2) is 13.2 Å². The highest BCUT2D eigenvalue weighted by atomic mass is 19.2. The Morgan fingerprint density at radius 2 is 1.60 bits per heavy atom. The number of hydrogen-bond acceptors (Lipinski definition) is 1. The standard InChI is InChI=1S/C16H13F3O/c17-13-10-9-12(15(18)16(13)19)14(20)8-4-7-11-5-2-1-3-6-11/h1-3,5-6,9-10H,4,7-8H2. The normalized spacial score (nSPS) is 10.6. The van der Waals surface area contributed by atoms with Gasteiger partial charge in [0, 0.05) is 6.42 Å². The lowest BCUT2D eigenvalue weighted by atomic mass is 10.0. The van der Waals surface area contributed by atoms with Crippen LogP contribution in [0.1, 0.15) is 28.8 Å². The van der Waals surface area contributed by atoms with Crippen molar-refractivity contribution in [3.05, 3.63) is 71.0 Å². The average molecular weight is 278 g/mol. The minimum Gasteiger partial charge on any atom is -0.294 e. The van der Waals surface area contributed by atoms with E-state index in [9.17, 15) is 18.0 Å². The molecule has 0 atom stereocenters. The molecule has 0 saturated carbocycles. The van der Waals surface area contributed by atoms with Crippen LogP contribution in [0.15, 0.2) is 42.5 Å². The van der Waals surface area contributed by atoms with Crippen molar-refractivity contribution in [1.29, 1.82) is 0 Å². The minimum absolute atomic E-state index is 0.0941. The van der Waals surface area contributed by atoms with Gasteiger partial charge in [-0.3, -0.25) is 4.79 Å². The number of Topliss-reactive ketones (excluding diaryl/α,β-unsaturated/α-hetero) is 1. The summed E-state index contributed by atoms with van der Waals surface area (Å²) in [7, 11) is 0. The van der Waals surface area contributed by atoms with Crippen LogP contribution in [0.3, 0.4) is 0 Å². The van der Waals surface area contributed by atoms with Crippen LogP contribution in [-0.2, 0) is 6.42 Å². The second-order valence-corrected chi connectivity index (χ2v) is 4.49. The minimum atomic E-state index is -1.60. The summed E-state index contributed by atoms with van der Waals surface area (Å²) in [5.74, 6) is -4.81. The molecule has 0 aromatic heterocycles. The Bertz CT molecular complexity index is 609. The zero-order valence-corrected chi connectivity index (χ0v) is 10.7. The predicted octanol–water partition coefficient (Wildman–Crippen LogP) is 4.31. The van der Waals surface area contributed by atoms with Crippen LogP contribution in [-0.4, -0.2) is 5.78 Å². The summed E-state index contributed by atoms with van der Waals surface area (Å²) >= 11 is 0. The van der Waals surface area contributed by atoms with Crippen molar-refractivity contribution in [1.82, 2.24) is 0 Å². The molecule has 4 heteroatoms. The van der Waals surface area contributed by atoms with E-state index >= 15 is 0 Å². The third kappa shape index (κ3) is 3.26. The average Bonchev–Trinajstić information content (AvgIpc) is 2.46. The molecule has 0 aliphatic heterocycles. The SMILES string of the molecule is O=C(CCCc1ccccc1)c1ccc(F)c(F)c1F. The lowest BCUT2D eigenvalue weighted by Crippen LogP contribution is -2.06. The van der Waals surface area contributed by atoms with Gasteiger partial charge in [-0.15, -0.1) is 0 Å². The van der Waals surface area contributed by atoms with Crippen LogP contribution >= 0.6 is 0 Å². The van der Waals surface area contributed by atoms with Gasteiger partial charge in [-0.2, -0.15) is 0 Å². The molecular formula is C16H13F3O. The largest absolute Gasteiger partial charge is 0.294 e. The maximum Gasteiger partial charge on any atom is 0.195 e. The molecule has 1 nitrogen and oxygen atoms in total. The molecule has 20 heavy (non-hydrogen) atoms. The van der Waals surface area contributed by atoms with Gasteiger partial charge >= 0.3 is 0 Å². The third-order valence-corrected chi connectivity index (χ3v) is 3.05. The van der Waals surface area contributed by atoms with Crippen LogP contribution in [0.4, 0.5) is 13.2 Å². The van der Waals surface area contributed by atoms with Crippen LogP contribution in [0, 0.1) is 17.5 Å². The zero-order valence-electron chi connectivity index (χ0n) is 10.7. The molecule has 0 heterocycles. The lowest BCUT2D eigenvalue weighted by molar-refractivity contribution is 0.0975. The molecule has 0 saturated heterocycles. The Morgan fingerprint density at radius 3 is 2.30 bits per heavy atom. The Morgan fingerprint density at radius 1 is 0.900 bits per heavy atom. The highest BCUT2D eigenvalue weighted by Gasteiger charge is 2.18. The van der Waals surface area contributed by atoms with Crippen molar-refractivity contribution in [2.24, 2.45) is 0 Å². The Labute approximate surface area is 115 Å². The fraction of sp³-hybridized carbons (Fsp3) is 0.188. The fourth-order valence-electron chi connectivity index (χ4n) is 1.97. The van der Waals surface area contributed by atoms with Gasteiger partial charge in [0.05, 0.1) is 5.56 Å². The smallest absolute Gasteiger partial charge is 0.195 e. The van der Waals surface area contributed by atoms with E-state index in [0.717, 1.165) is 17.7 Å². The van der Waals surface area contributed by atoms with Crippen LogP contribution in [0.5, 0.6) is 0 Å². The molecule has 104 valence electrons. The lowest BCUT2D eigenvalue weighted by Gasteiger charge is -2.04. The second kappa shape index (κ2) is 6.37. The van der Waals surface area contributed by atoms with Gasteiger partial charge < -0.3 is 0 Å².